The number of rotatable bonds is 4. The first-order valence-electron chi connectivity index (χ1n) is 6.29. The van der Waals surface area contributed by atoms with Crippen LogP contribution in [0.4, 0.5) is 0 Å². The van der Waals surface area contributed by atoms with Gasteiger partial charge in [-0.1, -0.05) is 12.1 Å². The fourth-order valence-electron chi connectivity index (χ4n) is 2.03. The predicted octanol–water partition coefficient (Wildman–Crippen LogP) is 3.65. The minimum atomic E-state index is -0.0565. The van der Waals surface area contributed by atoms with Gasteiger partial charge in [0, 0.05) is 0 Å². The van der Waals surface area contributed by atoms with Crippen LogP contribution < -0.4 is 10.5 Å². The quantitative estimate of drug-likeness (QED) is 0.909. The van der Waals surface area contributed by atoms with Crippen LogP contribution in [0.1, 0.15) is 35.6 Å². The number of aryl methyl sites for hydroxylation is 1. The van der Waals surface area contributed by atoms with Gasteiger partial charge in [0.25, 0.3) is 0 Å². The van der Waals surface area contributed by atoms with Crippen molar-refractivity contribution in [3.05, 3.63) is 51.7 Å². The van der Waals surface area contributed by atoms with E-state index in [2.05, 4.69) is 29.8 Å². The molecule has 1 aromatic carbocycles. The van der Waals surface area contributed by atoms with Crippen molar-refractivity contribution in [1.29, 1.82) is 0 Å². The van der Waals surface area contributed by atoms with Gasteiger partial charge in [-0.15, -0.1) is 0 Å². The van der Waals surface area contributed by atoms with Gasteiger partial charge in [-0.3, -0.25) is 0 Å². The van der Waals surface area contributed by atoms with E-state index in [1.54, 1.807) is 11.3 Å². The van der Waals surface area contributed by atoms with Crippen LogP contribution in [0.3, 0.4) is 0 Å². The van der Waals surface area contributed by atoms with Crippen LogP contribution in [0.25, 0.3) is 0 Å². The Balaban J connectivity index is 1.84. The monoisotopic (exact) mass is 259 g/mol. The second kappa shape index (κ2) is 4.75. The van der Waals surface area contributed by atoms with Gasteiger partial charge in [-0.2, -0.15) is 11.3 Å². The zero-order chi connectivity index (χ0) is 12.5. The normalized spacial score (nSPS) is 16.6. The molecular formula is C15H17NOS. The first-order valence-corrected chi connectivity index (χ1v) is 7.23. The molecule has 1 atom stereocenters. The average molecular weight is 259 g/mol. The lowest BCUT2D eigenvalue weighted by atomic mass is 9.99. The number of thiophene rings is 1. The Morgan fingerprint density at radius 3 is 2.83 bits per heavy atom. The predicted molar refractivity (Wildman–Crippen MR) is 75.2 cm³/mol. The number of hydrogen-bond acceptors (Lipinski definition) is 3. The summed E-state index contributed by atoms with van der Waals surface area (Å²) in [5, 5.41) is 4.27. The molecule has 2 aromatic rings. The summed E-state index contributed by atoms with van der Waals surface area (Å²) >= 11 is 1.70. The van der Waals surface area contributed by atoms with E-state index in [-0.39, 0.29) is 6.04 Å². The summed E-state index contributed by atoms with van der Waals surface area (Å²) < 4.78 is 5.81. The van der Waals surface area contributed by atoms with Crippen molar-refractivity contribution < 1.29 is 4.74 Å². The molecule has 3 heteroatoms. The molecule has 1 unspecified atom stereocenters. The summed E-state index contributed by atoms with van der Waals surface area (Å²) in [5.74, 6) is 0.943. The maximum absolute atomic E-state index is 6.33. The molecule has 18 heavy (non-hydrogen) atoms. The summed E-state index contributed by atoms with van der Waals surface area (Å²) in [5.41, 5.74) is 9.92. The van der Waals surface area contributed by atoms with Crippen molar-refractivity contribution in [3.8, 4) is 5.75 Å². The Kier molecular flexibility index (Phi) is 3.10. The van der Waals surface area contributed by atoms with Gasteiger partial charge in [0.1, 0.15) is 5.75 Å². The van der Waals surface area contributed by atoms with Gasteiger partial charge >= 0.3 is 0 Å². The third-order valence-electron chi connectivity index (χ3n) is 3.27. The number of ether oxygens (including phenoxy) is 1. The average Bonchev–Trinajstić information content (AvgIpc) is 3.08. The van der Waals surface area contributed by atoms with Gasteiger partial charge in [0.15, 0.2) is 0 Å². The topological polar surface area (TPSA) is 35.2 Å². The van der Waals surface area contributed by atoms with Gasteiger partial charge in [-0.05, 0) is 59.3 Å². The Bertz CT molecular complexity index is 545. The van der Waals surface area contributed by atoms with E-state index in [0.717, 1.165) is 11.3 Å². The fourth-order valence-corrected chi connectivity index (χ4v) is 2.92. The fraction of sp³-hybridized carbons (Fsp3) is 0.333. The minimum absolute atomic E-state index is 0.0565. The molecule has 0 bridgehead atoms. The third-order valence-corrected chi connectivity index (χ3v) is 4.15. The molecule has 0 saturated heterocycles. The van der Waals surface area contributed by atoms with Gasteiger partial charge in [-0.25, -0.2) is 0 Å². The Morgan fingerprint density at radius 2 is 2.17 bits per heavy atom. The SMILES string of the molecule is Cc1cscc1C(N)c1cccc(OC2CC2)c1. The molecule has 1 aromatic heterocycles. The summed E-state index contributed by atoms with van der Waals surface area (Å²) in [6, 6.07) is 8.12. The molecule has 1 heterocycles. The molecule has 94 valence electrons. The van der Waals surface area contributed by atoms with Crippen molar-refractivity contribution >= 4 is 11.3 Å². The number of hydrogen-bond donors (Lipinski definition) is 1. The van der Waals surface area contributed by atoms with Crippen LogP contribution in [-0.4, -0.2) is 6.10 Å². The molecule has 3 rings (SSSR count). The Hall–Kier alpha value is -1.32. The largest absolute Gasteiger partial charge is 0.490 e. The highest BCUT2D eigenvalue weighted by molar-refractivity contribution is 7.08. The van der Waals surface area contributed by atoms with Crippen molar-refractivity contribution in [2.24, 2.45) is 5.73 Å². The highest BCUT2D eigenvalue weighted by atomic mass is 32.1. The number of benzene rings is 1. The van der Waals surface area contributed by atoms with E-state index in [1.165, 1.54) is 24.0 Å². The Morgan fingerprint density at radius 1 is 1.33 bits per heavy atom. The van der Waals surface area contributed by atoms with E-state index in [0.29, 0.717) is 6.10 Å². The van der Waals surface area contributed by atoms with E-state index in [9.17, 15) is 0 Å². The van der Waals surface area contributed by atoms with Crippen LogP contribution in [0.5, 0.6) is 5.75 Å². The highest BCUT2D eigenvalue weighted by Gasteiger charge is 2.23. The molecule has 0 spiro atoms. The van der Waals surface area contributed by atoms with Gasteiger partial charge < -0.3 is 10.5 Å². The maximum atomic E-state index is 6.33. The van der Waals surface area contributed by atoms with Crippen molar-refractivity contribution in [2.75, 3.05) is 0 Å². The number of nitrogens with two attached hydrogens (primary N) is 1. The van der Waals surface area contributed by atoms with E-state index >= 15 is 0 Å². The molecule has 1 aliphatic rings. The van der Waals surface area contributed by atoms with Crippen LogP contribution in [-0.2, 0) is 0 Å². The molecule has 0 radical (unpaired) electrons. The van der Waals surface area contributed by atoms with Crippen molar-refractivity contribution in [3.63, 3.8) is 0 Å². The molecule has 1 saturated carbocycles. The lowest BCUT2D eigenvalue weighted by molar-refractivity contribution is 0.303. The van der Waals surface area contributed by atoms with Crippen LogP contribution >= 0.6 is 11.3 Å². The lowest BCUT2D eigenvalue weighted by Crippen LogP contribution is -2.12. The van der Waals surface area contributed by atoms with E-state index in [1.807, 2.05) is 12.1 Å². The Labute approximate surface area is 111 Å². The van der Waals surface area contributed by atoms with Crippen molar-refractivity contribution in [1.82, 2.24) is 0 Å². The van der Waals surface area contributed by atoms with Gasteiger partial charge in [0.05, 0.1) is 12.1 Å². The van der Waals surface area contributed by atoms with Crippen LogP contribution in [0, 0.1) is 6.92 Å². The van der Waals surface area contributed by atoms with Crippen LogP contribution in [0.2, 0.25) is 0 Å². The van der Waals surface area contributed by atoms with Crippen LogP contribution in [0.15, 0.2) is 35.0 Å². The molecule has 1 fully saturated rings. The second-order valence-corrected chi connectivity index (χ2v) is 5.62. The van der Waals surface area contributed by atoms with Gasteiger partial charge in [0.2, 0.25) is 0 Å². The summed E-state index contributed by atoms with van der Waals surface area (Å²) in [7, 11) is 0. The lowest BCUT2D eigenvalue weighted by Gasteiger charge is -2.14. The first-order chi connectivity index (χ1) is 8.74. The molecule has 2 N–H and O–H groups in total. The zero-order valence-electron chi connectivity index (χ0n) is 10.4. The molecular weight excluding hydrogens is 242 g/mol. The summed E-state index contributed by atoms with van der Waals surface area (Å²) in [6.45, 7) is 2.11. The smallest absolute Gasteiger partial charge is 0.120 e. The molecule has 1 aliphatic carbocycles. The highest BCUT2D eigenvalue weighted by Crippen LogP contribution is 2.30. The summed E-state index contributed by atoms with van der Waals surface area (Å²) in [6.07, 6.45) is 2.79. The van der Waals surface area contributed by atoms with E-state index in [4.69, 9.17) is 10.5 Å². The molecule has 0 aliphatic heterocycles. The van der Waals surface area contributed by atoms with E-state index < -0.39 is 0 Å². The summed E-state index contributed by atoms with van der Waals surface area (Å²) in [4.78, 5) is 0. The third kappa shape index (κ3) is 2.42. The minimum Gasteiger partial charge on any atom is -0.490 e. The maximum Gasteiger partial charge on any atom is 0.120 e. The first kappa shape index (κ1) is 11.8. The second-order valence-electron chi connectivity index (χ2n) is 4.88. The zero-order valence-corrected chi connectivity index (χ0v) is 11.2. The molecule has 0 amide bonds. The standard InChI is InChI=1S/C15H17NOS/c1-10-8-18-9-14(10)15(16)11-3-2-4-13(7-11)17-12-5-6-12/h2-4,7-9,12,15H,5-6,16H2,1H3. The van der Waals surface area contributed by atoms with Crippen molar-refractivity contribution in [2.45, 2.75) is 31.9 Å². The molecule has 2 nitrogen and oxygen atoms in total.